The molecule has 2 heteroatoms. The average Bonchev–Trinajstić information content (AvgIpc) is 3.04. The highest BCUT2D eigenvalue weighted by molar-refractivity contribution is 6.10. The molecule has 0 saturated carbocycles. The van der Waals surface area contributed by atoms with E-state index < -0.39 is 0 Å². The van der Waals surface area contributed by atoms with Gasteiger partial charge in [-0.05, 0) is 29.0 Å². The van der Waals surface area contributed by atoms with Gasteiger partial charge in [0, 0.05) is 17.2 Å². The predicted octanol–water partition coefficient (Wildman–Crippen LogP) is 4.39. The SMILES string of the molecule is O=C(c1ccc2ccccc2c1)c1ccc2[n+](c1)Cc1ccccc1-2. The van der Waals surface area contributed by atoms with E-state index >= 15 is 0 Å². The minimum Gasteiger partial charge on any atom is -0.288 e. The summed E-state index contributed by atoms with van der Waals surface area (Å²) >= 11 is 0. The normalized spacial score (nSPS) is 12.0. The van der Waals surface area contributed by atoms with E-state index in [1.165, 1.54) is 16.8 Å². The topological polar surface area (TPSA) is 20.9 Å². The van der Waals surface area contributed by atoms with E-state index in [0.29, 0.717) is 0 Å². The molecular formula is C23H16NO+. The fraction of sp³-hybridized carbons (Fsp3) is 0.0435. The van der Waals surface area contributed by atoms with Gasteiger partial charge in [0.15, 0.2) is 18.5 Å². The average molecular weight is 322 g/mol. The Kier molecular flexibility index (Phi) is 3.04. The van der Waals surface area contributed by atoms with Crippen molar-refractivity contribution in [3.8, 4) is 11.3 Å². The van der Waals surface area contributed by atoms with Gasteiger partial charge in [0.05, 0.1) is 11.1 Å². The van der Waals surface area contributed by atoms with Crippen molar-refractivity contribution in [2.45, 2.75) is 6.54 Å². The Morgan fingerprint density at radius 3 is 2.44 bits per heavy atom. The van der Waals surface area contributed by atoms with Gasteiger partial charge in [0.1, 0.15) is 0 Å². The lowest BCUT2D eigenvalue weighted by Crippen LogP contribution is -2.33. The number of pyridine rings is 1. The Balaban J connectivity index is 1.55. The Morgan fingerprint density at radius 2 is 1.52 bits per heavy atom. The maximum atomic E-state index is 12.9. The summed E-state index contributed by atoms with van der Waals surface area (Å²) in [6, 6.07) is 26.4. The van der Waals surface area contributed by atoms with Crippen LogP contribution in [0.15, 0.2) is 85.1 Å². The molecule has 4 aromatic rings. The van der Waals surface area contributed by atoms with Crippen molar-refractivity contribution >= 4 is 16.6 Å². The van der Waals surface area contributed by atoms with Crippen LogP contribution in [-0.4, -0.2) is 5.78 Å². The lowest BCUT2D eigenvalue weighted by molar-refractivity contribution is -0.672. The van der Waals surface area contributed by atoms with Crippen LogP contribution in [0.5, 0.6) is 0 Å². The Bertz CT molecular complexity index is 1140. The van der Waals surface area contributed by atoms with E-state index in [1.54, 1.807) is 0 Å². The molecule has 2 nitrogen and oxygen atoms in total. The molecule has 0 saturated heterocycles. The van der Waals surface area contributed by atoms with E-state index in [-0.39, 0.29) is 5.78 Å². The zero-order valence-electron chi connectivity index (χ0n) is 13.6. The van der Waals surface area contributed by atoms with Crippen molar-refractivity contribution in [1.29, 1.82) is 0 Å². The molecule has 0 radical (unpaired) electrons. The number of carbonyl (C=O) groups excluding carboxylic acids is 1. The molecule has 0 unspecified atom stereocenters. The minimum absolute atomic E-state index is 0.0667. The zero-order chi connectivity index (χ0) is 16.8. The van der Waals surface area contributed by atoms with Crippen LogP contribution >= 0.6 is 0 Å². The van der Waals surface area contributed by atoms with Gasteiger partial charge in [-0.1, -0.05) is 54.6 Å². The zero-order valence-corrected chi connectivity index (χ0v) is 13.6. The number of aromatic nitrogens is 1. The monoisotopic (exact) mass is 322 g/mol. The summed E-state index contributed by atoms with van der Waals surface area (Å²) in [7, 11) is 0. The third-order valence-electron chi connectivity index (χ3n) is 4.93. The van der Waals surface area contributed by atoms with Crippen LogP contribution in [0.1, 0.15) is 21.5 Å². The third kappa shape index (κ3) is 2.26. The first-order chi connectivity index (χ1) is 12.3. The molecule has 1 aromatic heterocycles. The first kappa shape index (κ1) is 14.1. The van der Waals surface area contributed by atoms with Crippen molar-refractivity contribution in [2.24, 2.45) is 0 Å². The van der Waals surface area contributed by atoms with E-state index in [1.807, 2.05) is 48.7 Å². The number of carbonyl (C=O) groups is 1. The van der Waals surface area contributed by atoms with Gasteiger partial charge < -0.3 is 0 Å². The molecular weight excluding hydrogens is 306 g/mol. The van der Waals surface area contributed by atoms with Crippen LogP contribution in [0.2, 0.25) is 0 Å². The van der Waals surface area contributed by atoms with Crippen molar-refractivity contribution in [2.75, 3.05) is 0 Å². The predicted molar refractivity (Wildman–Crippen MR) is 98.6 cm³/mol. The van der Waals surface area contributed by atoms with Gasteiger partial charge in [-0.25, -0.2) is 0 Å². The number of benzene rings is 3. The van der Waals surface area contributed by atoms with E-state index in [0.717, 1.165) is 28.4 Å². The van der Waals surface area contributed by atoms with E-state index in [4.69, 9.17) is 0 Å². The van der Waals surface area contributed by atoms with Gasteiger partial charge >= 0.3 is 0 Å². The highest BCUT2D eigenvalue weighted by Crippen LogP contribution is 2.26. The van der Waals surface area contributed by atoms with Crippen LogP contribution in [0.4, 0.5) is 0 Å². The number of nitrogens with zero attached hydrogens (tertiary/aromatic N) is 1. The quantitative estimate of drug-likeness (QED) is 0.349. The van der Waals surface area contributed by atoms with Crippen LogP contribution in [0.3, 0.4) is 0 Å². The molecule has 1 aliphatic rings. The molecule has 3 aromatic carbocycles. The molecule has 2 heterocycles. The van der Waals surface area contributed by atoms with Crippen LogP contribution in [-0.2, 0) is 6.54 Å². The van der Waals surface area contributed by atoms with Crippen molar-refractivity contribution in [1.82, 2.24) is 0 Å². The standard InChI is InChI=1S/C23H16NO/c25-23(18-10-9-16-5-1-2-6-17(16)13-18)20-11-12-22-21-8-4-3-7-19(21)14-24(22)15-20/h1-13,15H,14H2/q+1. The summed E-state index contributed by atoms with van der Waals surface area (Å²) in [6.07, 6.45) is 1.98. The number of fused-ring (bicyclic) bond motifs is 4. The number of rotatable bonds is 2. The van der Waals surface area contributed by atoms with Crippen LogP contribution in [0.25, 0.3) is 22.0 Å². The summed E-state index contributed by atoms with van der Waals surface area (Å²) in [4.78, 5) is 12.9. The third-order valence-corrected chi connectivity index (χ3v) is 4.93. The second-order valence-electron chi connectivity index (χ2n) is 6.48. The second kappa shape index (κ2) is 5.38. The highest BCUT2D eigenvalue weighted by Gasteiger charge is 2.26. The van der Waals surface area contributed by atoms with Crippen LogP contribution in [0, 0.1) is 0 Å². The Labute approximate surface area is 146 Å². The molecule has 1 aliphatic heterocycles. The summed E-state index contributed by atoms with van der Waals surface area (Å²) in [6.45, 7) is 0.824. The fourth-order valence-electron chi connectivity index (χ4n) is 3.64. The molecule has 0 aliphatic carbocycles. The Hall–Kier alpha value is -3.26. The smallest absolute Gasteiger partial charge is 0.213 e. The van der Waals surface area contributed by atoms with Gasteiger partial charge in [0.25, 0.3) is 0 Å². The van der Waals surface area contributed by atoms with Crippen molar-refractivity contribution < 1.29 is 9.36 Å². The number of hydrogen-bond donors (Lipinski definition) is 0. The molecule has 25 heavy (non-hydrogen) atoms. The van der Waals surface area contributed by atoms with Gasteiger partial charge in [0.2, 0.25) is 5.69 Å². The lowest BCUT2D eigenvalue weighted by atomic mass is 10.0. The molecule has 5 rings (SSSR count). The molecule has 0 amide bonds. The first-order valence-corrected chi connectivity index (χ1v) is 8.45. The Morgan fingerprint density at radius 1 is 0.760 bits per heavy atom. The number of hydrogen-bond acceptors (Lipinski definition) is 1. The first-order valence-electron chi connectivity index (χ1n) is 8.45. The summed E-state index contributed by atoms with van der Waals surface area (Å²) in [5, 5.41) is 2.24. The summed E-state index contributed by atoms with van der Waals surface area (Å²) < 4.78 is 2.17. The summed E-state index contributed by atoms with van der Waals surface area (Å²) in [5.74, 6) is 0.0667. The lowest BCUT2D eigenvalue weighted by Gasteiger charge is -2.03. The highest BCUT2D eigenvalue weighted by atomic mass is 16.1. The van der Waals surface area contributed by atoms with Crippen LogP contribution < -0.4 is 4.57 Å². The minimum atomic E-state index is 0.0667. The maximum absolute atomic E-state index is 12.9. The fourth-order valence-corrected chi connectivity index (χ4v) is 3.64. The van der Waals surface area contributed by atoms with Crippen molar-refractivity contribution in [3.63, 3.8) is 0 Å². The second-order valence-corrected chi connectivity index (χ2v) is 6.48. The largest absolute Gasteiger partial charge is 0.288 e. The molecule has 0 N–H and O–H groups in total. The van der Waals surface area contributed by atoms with E-state index in [9.17, 15) is 4.79 Å². The molecule has 0 atom stereocenters. The summed E-state index contributed by atoms with van der Waals surface area (Å²) in [5.41, 5.74) is 5.19. The van der Waals surface area contributed by atoms with Gasteiger partial charge in [-0.2, -0.15) is 4.57 Å². The number of ketones is 1. The van der Waals surface area contributed by atoms with E-state index in [2.05, 4.69) is 41.0 Å². The molecule has 0 fully saturated rings. The molecule has 118 valence electrons. The maximum Gasteiger partial charge on any atom is 0.213 e. The van der Waals surface area contributed by atoms with Crippen molar-refractivity contribution in [3.05, 3.63) is 102 Å². The van der Waals surface area contributed by atoms with Gasteiger partial charge in [-0.15, -0.1) is 0 Å². The molecule has 0 spiro atoms. The van der Waals surface area contributed by atoms with Gasteiger partial charge in [-0.3, -0.25) is 4.79 Å². The molecule has 0 bridgehead atoms.